The van der Waals surface area contributed by atoms with Crippen molar-refractivity contribution in [2.24, 2.45) is 0 Å². The number of hydrogen-bond donors (Lipinski definition) is 0. The third kappa shape index (κ3) is 5.48. The number of fused-ring (bicyclic) bond motifs is 6. The van der Waals surface area contributed by atoms with Crippen LogP contribution in [0.3, 0.4) is 0 Å². The molecule has 0 spiro atoms. The third-order valence-electron chi connectivity index (χ3n) is 11.6. The highest BCUT2D eigenvalue weighted by molar-refractivity contribution is 6.10. The van der Waals surface area contributed by atoms with E-state index in [0.29, 0.717) is 11.8 Å². The van der Waals surface area contributed by atoms with Crippen LogP contribution in [0.15, 0.2) is 194 Å². The van der Waals surface area contributed by atoms with E-state index in [1.807, 2.05) is 0 Å². The van der Waals surface area contributed by atoms with Crippen molar-refractivity contribution < 1.29 is 0 Å². The molecule has 0 saturated heterocycles. The first kappa shape index (κ1) is 31.3. The molecule has 252 valence electrons. The van der Waals surface area contributed by atoms with E-state index in [9.17, 15) is 0 Å². The Morgan fingerprint density at radius 3 is 1.72 bits per heavy atom. The van der Waals surface area contributed by atoms with Crippen LogP contribution in [-0.2, 0) is 6.42 Å². The van der Waals surface area contributed by atoms with Gasteiger partial charge < -0.3 is 4.57 Å². The summed E-state index contributed by atoms with van der Waals surface area (Å²) in [5, 5.41) is 2.54. The number of benzene rings is 8. The first-order valence-corrected chi connectivity index (χ1v) is 18.8. The van der Waals surface area contributed by atoms with E-state index in [0.717, 1.165) is 12.1 Å². The summed E-state index contributed by atoms with van der Waals surface area (Å²) in [6, 6.07) is 71.6. The largest absolute Gasteiger partial charge is 0.309 e. The van der Waals surface area contributed by atoms with Crippen LogP contribution in [0.1, 0.15) is 35.4 Å². The molecule has 0 saturated carbocycles. The van der Waals surface area contributed by atoms with Crippen molar-refractivity contribution >= 4 is 21.8 Å². The fourth-order valence-corrected chi connectivity index (χ4v) is 8.78. The van der Waals surface area contributed by atoms with Crippen molar-refractivity contribution in [2.75, 3.05) is 0 Å². The maximum atomic E-state index is 2.45. The lowest BCUT2D eigenvalue weighted by atomic mass is 9.80. The van der Waals surface area contributed by atoms with Gasteiger partial charge in [-0.2, -0.15) is 0 Å². The van der Waals surface area contributed by atoms with Gasteiger partial charge in [-0.05, 0) is 116 Å². The molecule has 1 aromatic heterocycles. The highest BCUT2D eigenvalue weighted by atomic mass is 15.0. The summed E-state index contributed by atoms with van der Waals surface area (Å²) >= 11 is 0. The average molecular weight is 678 g/mol. The molecule has 0 aliphatic heterocycles. The van der Waals surface area contributed by atoms with Gasteiger partial charge in [-0.25, -0.2) is 0 Å². The average Bonchev–Trinajstić information content (AvgIpc) is 3.50. The fraction of sp³-hybridized carbons (Fsp3) is 0.0769. The van der Waals surface area contributed by atoms with Crippen LogP contribution >= 0.6 is 0 Å². The van der Waals surface area contributed by atoms with Crippen LogP contribution in [0, 0.1) is 0 Å². The first-order chi connectivity index (χ1) is 26.2. The minimum absolute atomic E-state index is 0.398. The van der Waals surface area contributed by atoms with Gasteiger partial charge in [0.25, 0.3) is 0 Å². The molecule has 8 aromatic carbocycles. The smallest absolute Gasteiger partial charge is 0.0541 e. The zero-order valence-corrected chi connectivity index (χ0v) is 29.8. The van der Waals surface area contributed by atoms with Gasteiger partial charge in [0.05, 0.1) is 11.0 Å². The molecule has 1 aliphatic rings. The lowest BCUT2D eigenvalue weighted by Gasteiger charge is -2.24. The van der Waals surface area contributed by atoms with Crippen LogP contribution < -0.4 is 0 Å². The van der Waals surface area contributed by atoms with Gasteiger partial charge in [0, 0.05) is 16.5 Å². The molecular weight excluding hydrogens is 639 g/mol. The minimum atomic E-state index is 0.398. The van der Waals surface area contributed by atoms with E-state index in [1.54, 1.807) is 0 Å². The van der Waals surface area contributed by atoms with Gasteiger partial charge in [-0.15, -0.1) is 0 Å². The molecule has 0 amide bonds. The summed E-state index contributed by atoms with van der Waals surface area (Å²) in [4.78, 5) is 0. The van der Waals surface area contributed by atoms with Crippen LogP contribution in [0.4, 0.5) is 0 Å². The predicted molar refractivity (Wildman–Crippen MR) is 224 cm³/mol. The molecule has 10 rings (SSSR count). The first-order valence-electron chi connectivity index (χ1n) is 18.8. The third-order valence-corrected chi connectivity index (χ3v) is 11.6. The predicted octanol–water partition coefficient (Wildman–Crippen LogP) is 13.9. The highest BCUT2D eigenvalue weighted by Crippen LogP contribution is 2.46. The Hall–Kier alpha value is -6.44. The second-order valence-corrected chi connectivity index (χ2v) is 14.5. The summed E-state index contributed by atoms with van der Waals surface area (Å²) in [7, 11) is 0. The molecule has 1 heteroatoms. The van der Waals surface area contributed by atoms with Crippen LogP contribution in [-0.4, -0.2) is 4.57 Å². The molecule has 1 heterocycles. The van der Waals surface area contributed by atoms with E-state index in [-0.39, 0.29) is 0 Å². The van der Waals surface area contributed by atoms with Crippen molar-refractivity contribution in [1.82, 2.24) is 4.57 Å². The lowest BCUT2D eigenvalue weighted by Crippen LogP contribution is -2.10. The molecule has 0 N–H and O–H groups in total. The number of nitrogens with zero attached hydrogens (tertiary/aromatic N) is 1. The van der Waals surface area contributed by atoms with E-state index < -0.39 is 0 Å². The summed E-state index contributed by atoms with van der Waals surface area (Å²) in [6.07, 6.45) is 1.04. The molecular formula is C52H39N. The van der Waals surface area contributed by atoms with Crippen molar-refractivity contribution in [3.63, 3.8) is 0 Å². The van der Waals surface area contributed by atoms with Crippen LogP contribution in [0.5, 0.6) is 0 Å². The van der Waals surface area contributed by atoms with Crippen molar-refractivity contribution in [3.8, 4) is 50.2 Å². The Bertz CT molecular complexity index is 2740. The summed E-state index contributed by atoms with van der Waals surface area (Å²) in [5.74, 6) is 0.829. The fourth-order valence-electron chi connectivity index (χ4n) is 8.78. The van der Waals surface area contributed by atoms with Crippen molar-refractivity contribution in [2.45, 2.75) is 25.2 Å². The molecule has 2 atom stereocenters. The van der Waals surface area contributed by atoms with Gasteiger partial charge in [0.1, 0.15) is 0 Å². The second kappa shape index (κ2) is 13.0. The van der Waals surface area contributed by atoms with E-state index in [1.165, 1.54) is 83.0 Å². The Morgan fingerprint density at radius 1 is 0.415 bits per heavy atom. The number of para-hydroxylation sites is 1. The topological polar surface area (TPSA) is 4.93 Å². The van der Waals surface area contributed by atoms with Gasteiger partial charge in [0.2, 0.25) is 0 Å². The SMILES string of the molecule is CC1c2ccc(-c3ccc4c(c3)c3ccccc3n4-c3ccc(-c4ccc(-c5ccccc5)cc4)cc3)cc2-c2ccccc2CC1c1ccccc1. The summed E-state index contributed by atoms with van der Waals surface area (Å²) in [5.41, 5.74) is 18.0. The Morgan fingerprint density at radius 2 is 0.962 bits per heavy atom. The number of aromatic nitrogens is 1. The molecule has 9 aromatic rings. The maximum absolute atomic E-state index is 2.45. The van der Waals surface area contributed by atoms with Crippen molar-refractivity contribution in [3.05, 3.63) is 211 Å². The monoisotopic (exact) mass is 677 g/mol. The molecule has 0 bridgehead atoms. The summed E-state index contributed by atoms with van der Waals surface area (Å²) in [6.45, 7) is 2.41. The van der Waals surface area contributed by atoms with Gasteiger partial charge in [-0.3, -0.25) is 0 Å². The summed E-state index contributed by atoms with van der Waals surface area (Å²) < 4.78 is 2.41. The van der Waals surface area contributed by atoms with Gasteiger partial charge >= 0.3 is 0 Å². The van der Waals surface area contributed by atoms with Crippen LogP contribution in [0.25, 0.3) is 72.0 Å². The molecule has 2 unspecified atom stereocenters. The Kier molecular flexibility index (Phi) is 7.65. The van der Waals surface area contributed by atoms with Crippen molar-refractivity contribution in [1.29, 1.82) is 0 Å². The minimum Gasteiger partial charge on any atom is -0.309 e. The Labute approximate surface area is 311 Å². The molecule has 1 nitrogen and oxygen atoms in total. The number of hydrogen-bond acceptors (Lipinski definition) is 0. The van der Waals surface area contributed by atoms with E-state index in [4.69, 9.17) is 0 Å². The van der Waals surface area contributed by atoms with E-state index >= 15 is 0 Å². The standard InChI is InChI=1S/C52H39N/c1-35-45-30-26-41(32-49(45)46-17-9-8-16-43(46)34-48(35)40-14-6-3-7-15-40)42-27-31-52-50(33-42)47-18-10-11-19-51(47)53(52)44-28-24-39(25-29-44)38-22-20-37(21-23-38)36-12-4-2-5-13-36/h2-33,35,48H,34H2,1H3. The highest BCUT2D eigenvalue weighted by Gasteiger charge is 2.29. The quantitative estimate of drug-likeness (QED) is 0.171. The molecule has 0 radical (unpaired) electrons. The Balaban J connectivity index is 1.03. The normalized spacial score (nSPS) is 15.2. The zero-order chi connectivity index (χ0) is 35.3. The van der Waals surface area contributed by atoms with Crippen LogP contribution in [0.2, 0.25) is 0 Å². The molecule has 0 fully saturated rings. The van der Waals surface area contributed by atoms with Gasteiger partial charge in [-0.1, -0.05) is 165 Å². The van der Waals surface area contributed by atoms with Gasteiger partial charge in [0.15, 0.2) is 0 Å². The van der Waals surface area contributed by atoms with E-state index in [2.05, 4.69) is 206 Å². The maximum Gasteiger partial charge on any atom is 0.0541 e. The number of rotatable bonds is 5. The zero-order valence-electron chi connectivity index (χ0n) is 29.8. The molecule has 1 aliphatic carbocycles. The molecule has 53 heavy (non-hydrogen) atoms. The second-order valence-electron chi connectivity index (χ2n) is 14.5. The lowest BCUT2D eigenvalue weighted by molar-refractivity contribution is 0.579.